The van der Waals surface area contributed by atoms with Gasteiger partial charge in [-0.1, -0.05) is 24.6 Å². The van der Waals surface area contributed by atoms with Crippen molar-refractivity contribution in [3.8, 4) is 0 Å². The Bertz CT molecular complexity index is 413. The molecule has 2 N–H and O–H groups in total. The van der Waals surface area contributed by atoms with E-state index in [1.807, 2.05) is 0 Å². The summed E-state index contributed by atoms with van der Waals surface area (Å²) in [7, 11) is 0. The monoisotopic (exact) mass is 271 g/mol. The number of halogens is 2. The largest absolute Gasteiger partial charge is 0.378 e. The van der Waals surface area contributed by atoms with E-state index in [1.54, 1.807) is 6.07 Å². The van der Waals surface area contributed by atoms with Crippen LogP contribution in [-0.2, 0) is 11.2 Å². The summed E-state index contributed by atoms with van der Waals surface area (Å²) in [6.07, 6.45) is 2.90. The molecular weight excluding hydrogens is 253 g/mol. The fourth-order valence-electron chi connectivity index (χ4n) is 2.67. The average Bonchev–Trinajstić information content (AvgIpc) is 2.81. The highest BCUT2D eigenvalue weighted by atomic mass is 35.5. The first-order chi connectivity index (χ1) is 8.61. The van der Waals surface area contributed by atoms with Crippen molar-refractivity contribution in [2.24, 2.45) is 11.7 Å². The maximum Gasteiger partial charge on any atom is 0.124 e. The smallest absolute Gasteiger partial charge is 0.124 e. The van der Waals surface area contributed by atoms with Crippen molar-refractivity contribution in [1.82, 2.24) is 0 Å². The summed E-state index contributed by atoms with van der Waals surface area (Å²) >= 11 is 6.02. The molecule has 0 radical (unpaired) electrons. The normalized spacial score (nSPS) is 25.3. The molecule has 1 aliphatic heterocycles. The van der Waals surface area contributed by atoms with Crippen LogP contribution in [0.25, 0.3) is 0 Å². The highest BCUT2D eigenvalue weighted by Gasteiger charge is 2.31. The van der Waals surface area contributed by atoms with E-state index in [-0.39, 0.29) is 18.0 Å². The molecule has 100 valence electrons. The molecule has 1 saturated heterocycles. The number of nitrogens with two attached hydrogens (primary N) is 1. The van der Waals surface area contributed by atoms with Crippen LogP contribution in [0.5, 0.6) is 0 Å². The van der Waals surface area contributed by atoms with E-state index in [2.05, 4.69) is 6.92 Å². The van der Waals surface area contributed by atoms with Gasteiger partial charge in [0.25, 0.3) is 0 Å². The van der Waals surface area contributed by atoms with Crippen LogP contribution in [0.3, 0.4) is 0 Å². The third-order valence-corrected chi connectivity index (χ3v) is 4.04. The highest BCUT2D eigenvalue weighted by Crippen LogP contribution is 2.28. The van der Waals surface area contributed by atoms with Gasteiger partial charge in [-0.25, -0.2) is 4.39 Å². The first kappa shape index (κ1) is 13.8. The van der Waals surface area contributed by atoms with Crippen LogP contribution in [0.2, 0.25) is 5.02 Å². The second-order valence-corrected chi connectivity index (χ2v) is 5.28. The minimum atomic E-state index is -0.312. The van der Waals surface area contributed by atoms with Crippen LogP contribution >= 0.6 is 11.6 Å². The first-order valence-corrected chi connectivity index (χ1v) is 6.80. The molecule has 18 heavy (non-hydrogen) atoms. The molecule has 2 nitrogen and oxygen atoms in total. The first-order valence-electron chi connectivity index (χ1n) is 6.43. The Morgan fingerprint density at radius 1 is 1.56 bits per heavy atom. The Labute approximate surface area is 112 Å². The van der Waals surface area contributed by atoms with Gasteiger partial charge in [-0.2, -0.15) is 0 Å². The van der Waals surface area contributed by atoms with Gasteiger partial charge in [0.1, 0.15) is 5.82 Å². The molecule has 3 atom stereocenters. The van der Waals surface area contributed by atoms with Crippen LogP contribution in [0.4, 0.5) is 4.39 Å². The molecule has 0 bridgehead atoms. The summed E-state index contributed by atoms with van der Waals surface area (Å²) in [5.41, 5.74) is 7.16. The Hall–Kier alpha value is -0.640. The van der Waals surface area contributed by atoms with E-state index >= 15 is 0 Å². The van der Waals surface area contributed by atoms with E-state index < -0.39 is 0 Å². The van der Waals surface area contributed by atoms with Crippen LogP contribution in [0.15, 0.2) is 18.2 Å². The van der Waals surface area contributed by atoms with Gasteiger partial charge in [0, 0.05) is 23.6 Å². The summed E-state index contributed by atoms with van der Waals surface area (Å²) in [5.74, 6) is 0.0593. The van der Waals surface area contributed by atoms with Gasteiger partial charge in [-0.15, -0.1) is 0 Å². The molecule has 0 saturated carbocycles. The van der Waals surface area contributed by atoms with Crippen LogP contribution in [0.1, 0.15) is 25.3 Å². The summed E-state index contributed by atoms with van der Waals surface area (Å²) in [6.45, 7) is 2.90. The van der Waals surface area contributed by atoms with Gasteiger partial charge in [0.05, 0.1) is 6.10 Å². The molecule has 1 aromatic rings. The lowest BCUT2D eigenvalue weighted by Gasteiger charge is -2.24. The average molecular weight is 272 g/mol. The molecule has 1 aromatic carbocycles. The predicted molar refractivity (Wildman–Crippen MR) is 71.2 cm³/mol. The fraction of sp³-hybridized carbons (Fsp3) is 0.571. The van der Waals surface area contributed by atoms with E-state index in [1.165, 1.54) is 12.1 Å². The van der Waals surface area contributed by atoms with Crippen molar-refractivity contribution in [2.45, 2.75) is 38.3 Å². The van der Waals surface area contributed by atoms with Gasteiger partial charge >= 0.3 is 0 Å². The van der Waals surface area contributed by atoms with Crippen molar-refractivity contribution < 1.29 is 9.13 Å². The Morgan fingerprint density at radius 2 is 2.33 bits per heavy atom. The fourth-order valence-corrected chi connectivity index (χ4v) is 2.91. The van der Waals surface area contributed by atoms with Crippen molar-refractivity contribution in [3.63, 3.8) is 0 Å². The Balaban J connectivity index is 2.04. The van der Waals surface area contributed by atoms with Gasteiger partial charge < -0.3 is 10.5 Å². The lowest BCUT2D eigenvalue weighted by Crippen LogP contribution is -2.37. The number of hydrogen-bond donors (Lipinski definition) is 1. The zero-order chi connectivity index (χ0) is 13.1. The molecule has 1 fully saturated rings. The topological polar surface area (TPSA) is 35.2 Å². The second kappa shape index (κ2) is 6.00. The van der Waals surface area contributed by atoms with Gasteiger partial charge in [-0.05, 0) is 37.0 Å². The Kier molecular flexibility index (Phi) is 4.60. The molecule has 0 aromatic heterocycles. The third kappa shape index (κ3) is 3.02. The minimum Gasteiger partial charge on any atom is -0.378 e. The number of hydrogen-bond acceptors (Lipinski definition) is 2. The lowest BCUT2D eigenvalue weighted by atomic mass is 9.88. The molecule has 0 amide bonds. The third-order valence-electron chi connectivity index (χ3n) is 3.68. The molecule has 4 heteroatoms. The quantitative estimate of drug-likeness (QED) is 0.913. The zero-order valence-electron chi connectivity index (χ0n) is 10.5. The summed E-state index contributed by atoms with van der Waals surface area (Å²) in [4.78, 5) is 0. The maximum absolute atomic E-state index is 13.0. The highest BCUT2D eigenvalue weighted by molar-refractivity contribution is 6.31. The standard InChI is InChI=1S/C14H19ClFNO/c1-2-14-11(5-6-18-14)13(17)7-9-3-4-10(16)8-12(9)15/h3-4,8,11,13-14H,2,5-7,17H2,1H3. The minimum absolute atomic E-state index is 0.0143. The van der Waals surface area contributed by atoms with E-state index in [4.69, 9.17) is 22.1 Å². The predicted octanol–water partition coefficient (Wildman–Crippen LogP) is 3.16. The van der Waals surface area contributed by atoms with Gasteiger partial charge in [-0.3, -0.25) is 0 Å². The van der Waals surface area contributed by atoms with Crippen LogP contribution in [0, 0.1) is 11.7 Å². The second-order valence-electron chi connectivity index (χ2n) is 4.87. The number of ether oxygens (including phenoxy) is 1. The molecule has 1 aliphatic rings. The molecular formula is C14H19ClFNO. The van der Waals surface area contributed by atoms with Crippen LogP contribution < -0.4 is 5.73 Å². The zero-order valence-corrected chi connectivity index (χ0v) is 11.3. The Morgan fingerprint density at radius 3 is 3.00 bits per heavy atom. The summed E-state index contributed by atoms with van der Waals surface area (Å²) < 4.78 is 18.6. The van der Waals surface area contributed by atoms with Crippen molar-refractivity contribution >= 4 is 11.6 Å². The van der Waals surface area contributed by atoms with Crippen molar-refractivity contribution in [3.05, 3.63) is 34.6 Å². The lowest BCUT2D eigenvalue weighted by molar-refractivity contribution is 0.0814. The molecule has 0 spiro atoms. The van der Waals surface area contributed by atoms with E-state index in [0.29, 0.717) is 17.4 Å². The maximum atomic E-state index is 13.0. The molecule has 1 heterocycles. The molecule has 0 aliphatic carbocycles. The van der Waals surface area contributed by atoms with Crippen LogP contribution in [-0.4, -0.2) is 18.8 Å². The SMILES string of the molecule is CCC1OCCC1C(N)Cc1ccc(F)cc1Cl. The van der Waals surface area contributed by atoms with Gasteiger partial charge in [0.15, 0.2) is 0 Å². The van der Waals surface area contributed by atoms with Crippen molar-refractivity contribution in [1.29, 1.82) is 0 Å². The van der Waals surface area contributed by atoms with Crippen molar-refractivity contribution in [2.75, 3.05) is 6.61 Å². The molecule has 3 unspecified atom stereocenters. The number of rotatable bonds is 4. The van der Waals surface area contributed by atoms with E-state index in [0.717, 1.165) is 25.0 Å². The van der Waals surface area contributed by atoms with E-state index in [9.17, 15) is 4.39 Å². The van der Waals surface area contributed by atoms with Gasteiger partial charge in [0.2, 0.25) is 0 Å². The summed E-state index contributed by atoms with van der Waals surface area (Å²) in [5, 5.41) is 0.456. The molecule has 2 rings (SSSR count). The summed E-state index contributed by atoms with van der Waals surface area (Å²) in [6, 6.07) is 4.50. The number of benzene rings is 1.